The van der Waals surface area contributed by atoms with Crippen LogP contribution in [-0.4, -0.2) is 44.5 Å². The van der Waals surface area contributed by atoms with Crippen LogP contribution in [0.1, 0.15) is 19.3 Å². The molecule has 2 rings (SSSR count). The van der Waals surface area contributed by atoms with Gasteiger partial charge in [0.2, 0.25) is 5.91 Å². The molecule has 0 spiro atoms. The Kier molecular flexibility index (Phi) is 2.97. The van der Waals surface area contributed by atoms with Crippen LogP contribution in [0.2, 0.25) is 0 Å². The number of amides is 1. The van der Waals surface area contributed by atoms with E-state index in [1.807, 2.05) is 0 Å². The van der Waals surface area contributed by atoms with Crippen molar-refractivity contribution in [1.82, 2.24) is 10.6 Å². The van der Waals surface area contributed by atoms with Crippen molar-refractivity contribution in [2.24, 2.45) is 0 Å². The molecule has 15 heavy (non-hydrogen) atoms. The Morgan fingerprint density at radius 1 is 1.33 bits per heavy atom. The molecule has 2 heterocycles. The molecule has 0 aromatic rings. The summed E-state index contributed by atoms with van der Waals surface area (Å²) in [5.41, 5.74) is 0. The standard InChI is InChI=1S/C9H16N2O3S/c12-9(8-2-1-4-10-8)11-7-3-5-15(13,14)6-7/h7-8,10H,1-6H2,(H,11,12)/t7?,8-/m1/s1. The Morgan fingerprint density at radius 2 is 2.13 bits per heavy atom. The zero-order chi connectivity index (χ0) is 10.9. The van der Waals surface area contributed by atoms with Crippen molar-refractivity contribution in [3.63, 3.8) is 0 Å². The Balaban J connectivity index is 1.85. The van der Waals surface area contributed by atoms with Gasteiger partial charge in [-0.15, -0.1) is 0 Å². The van der Waals surface area contributed by atoms with E-state index in [4.69, 9.17) is 0 Å². The number of hydrogen-bond donors (Lipinski definition) is 2. The molecule has 2 N–H and O–H groups in total. The smallest absolute Gasteiger partial charge is 0.237 e. The Hall–Kier alpha value is -0.620. The maximum absolute atomic E-state index is 11.6. The first-order valence-electron chi connectivity index (χ1n) is 5.31. The van der Waals surface area contributed by atoms with Crippen LogP contribution in [0.4, 0.5) is 0 Å². The lowest BCUT2D eigenvalue weighted by molar-refractivity contribution is -0.123. The van der Waals surface area contributed by atoms with Crippen LogP contribution < -0.4 is 10.6 Å². The lowest BCUT2D eigenvalue weighted by Crippen LogP contribution is -2.45. The molecule has 2 atom stereocenters. The predicted octanol–water partition coefficient (Wildman–Crippen LogP) is -0.958. The summed E-state index contributed by atoms with van der Waals surface area (Å²) in [4.78, 5) is 11.6. The van der Waals surface area contributed by atoms with Crippen LogP contribution in [0, 0.1) is 0 Å². The minimum absolute atomic E-state index is 0.0467. The van der Waals surface area contributed by atoms with Crippen molar-refractivity contribution >= 4 is 15.7 Å². The van der Waals surface area contributed by atoms with Crippen molar-refractivity contribution in [3.05, 3.63) is 0 Å². The summed E-state index contributed by atoms with van der Waals surface area (Å²) in [6.45, 7) is 0.876. The molecular formula is C9H16N2O3S. The van der Waals surface area contributed by atoms with Crippen molar-refractivity contribution in [1.29, 1.82) is 0 Å². The molecule has 2 saturated heterocycles. The van der Waals surface area contributed by atoms with Gasteiger partial charge in [-0.25, -0.2) is 8.42 Å². The second-order valence-corrected chi connectivity index (χ2v) is 6.49. The highest BCUT2D eigenvalue weighted by molar-refractivity contribution is 7.91. The van der Waals surface area contributed by atoms with Gasteiger partial charge in [-0.05, 0) is 25.8 Å². The Morgan fingerprint density at radius 3 is 2.67 bits per heavy atom. The number of sulfone groups is 1. The maximum Gasteiger partial charge on any atom is 0.237 e. The summed E-state index contributed by atoms with van der Waals surface area (Å²) < 4.78 is 22.4. The fraction of sp³-hybridized carbons (Fsp3) is 0.889. The normalized spacial score (nSPS) is 34.1. The van der Waals surface area contributed by atoms with Crippen LogP contribution in [-0.2, 0) is 14.6 Å². The first kappa shape index (κ1) is 10.9. The molecule has 0 aromatic carbocycles. The zero-order valence-electron chi connectivity index (χ0n) is 8.53. The molecule has 6 heteroatoms. The third-order valence-electron chi connectivity index (χ3n) is 2.96. The number of nitrogens with one attached hydrogen (secondary N) is 2. The topological polar surface area (TPSA) is 75.3 Å². The maximum atomic E-state index is 11.6. The van der Waals surface area contributed by atoms with Gasteiger partial charge >= 0.3 is 0 Å². The highest BCUT2D eigenvalue weighted by Crippen LogP contribution is 2.12. The summed E-state index contributed by atoms with van der Waals surface area (Å²) in [6, 6.07) is -0.293. The van der Waals surface area contributed by atoms with Gasteiger partial charge in [0.25, 0.3) is 0 Å². The zero-order valence-corrected chi connectivity index (χ0v) is 9.35. The van der Waals surface area contributed by atoms with Crippen molar-refractivity contribution < 1.29 is 13.2 Å². The second-order valence-electron chi connectivity index (χ2n) is 4.26. The van der Waals surface area contributed by atoms with E-state index < -0.39 is 9.84 Å². The minimum atomic E-state index is -2.90. The van der Waals surface area contributed by atoms with E-state index in [1.54, 1.807) is 0 Å². The van der Waals surface area contributed by atoms with Crippen molar-refractivity contribution in [2.45, 2.75) is 31.3 Å². The third kappa shape index (κ3) is 2.69. The molecule has 5 nitrogen and oxygen atoms in total. The predicted molar refractivity (Wildman–Crippen MR) is 56.2 cm³/mol. The molecule has 2 fully saturated rings. The van der Waals surface area contributed by atoms with E-state index in [2.05, 4.69) is 10.6 Å². The van der Waals surface area contributed by atoms with Gasteiger partial charge in [-0.2, -0.15) is 0 Å². The quantitative estimate of drug-likeness (QED) is 0.643. The fourth-order valence-electron chi connectivity index (χ4n) is 2.12. The molecule has 0 radical (unpaired) electrons. The van der Waals surface area contributed by atoms with E-state index >= 15 is 0 Å². The molecule has 1 amide bonds. The summed E-state index contributed by atoms with van der Waals surface area (Å²) in [6.07, 6.45) is 2.42. The summed E-state index contributed by atoms with van der Waals surface area (Å²) >= 11 is 0. The van der Waals surface area contributed by atoms with Gasteiger partial charge in [-0.3, -0.25) is 4.79 Å². The summed E-state index contributed by atoms with van der Waals surface area (Å²) in [7, 11) is -2.90. The third-order valence-corrected chi connectivity index (χ3v) is 4.72. The Bertz CT molecular complexity index is 346. The number of hydrogen-bond acceptors (Lipinski definition) is 4. The first-order valence-corrected chi connectivity index (χ1v) is 7.13. The molecule has 0 aliphatic carbocycles. The number of rotatable bonds is 2. The summed E-state index contributed by atoms with van der Waals surface area (Å²) in [5.74, 6) is 0.260. The monoisotopic (exact) mass is 232 g/mol. The van der Waals surface area contributed by atoms with Crippen LogP contribution in [0.25, 0.3) is 0 Å². The lowest BCUT2D eigenvalue weighted by atomic mass is 10.2. The average Bonchev–Trinajstić information content (AvgIpc) is 2.74. The molecular weight excluding hydrogens is 216 g/mol. The molecule has 2 aliphatic heterocycles. The fourth-order valence-corrected chi connectivity index (χ4v) is 3.79. The van der Waals surface area contributed by atoms with E-state index in [0.717, 1.165) is 19.4 Å². The molecule has 2 aliphatic rings. The van der Waals surface area contributed by atoms with Gasteiger partial charge < -0.3 is 10.6 Å². The van der Waals surface area contributed by atoms with Crippen molar-refractivity contribution in [2.75, 3.05) is 18.1 Å². The highest BCUT2D eigenvalue weighted by atomic mass is 32.2. The largest absolute Gasteiger partial charge is 0.351 e. The van der Waals surface area contributed by atoms with E-state index in [1.165, 1.54) is 0 Å². The molecule has 0 aromatic heterocycles. The van der Waals surface area contributed by atoms with Gasteiger partial charge in [0, 0.05) is 6.04 Å². The van der Waals surface area contributed by atoms with E-state index in [0.29, 0.717) is 6.42 Å². The highest BCUT2D eigenvalue weighted by Gasteiger charge is 2.31. The SMILES string of the molecule is O=C(NC1CCS(=O)(=O)C1)[C@H]1CCCN1. The Labute approximate surface area is 89.5 Å². The van der Waals surface area contributed by atoms with Crippen molar-refractivity contribution in [3.8, 4) is 0 Å². The van der Waals surface area contributed by atoms with Gasteiger partial charge in [0.1, 0.15) is 0 Å². The van der Waals surface area contributed by atoms with E-state index in [9.17, 15) is 13.2 Å². The first-order chi connectivity index (χ1) is 7.07. The van der Waals surface area contributed by atoms with E-state index in [-0.39, 0.29) is 29.5 Å². The minimum Gasteiger partial charge on any atom is -0.351 e. The summed E-state index contributed by atoms with van der Waals surface area (Å²) in [5, 5.41) is 5.89. The number of carbonyl (C=O) groups is 1. The van der Waals surface area contributed by atoms with Gasteiger partial charge in [0.05, 0.1) is 17.5 Å². The van der Waals surface area contributed by atoms with Gasteiger partial charge in [-0.1, -0.05) is 0 Å². The molecule has 86 valence electrons. The molecule has 0 saturated carbocycles. The lowest BCUT2D eigenvalue weighted by Gasteiger charge is -2.14. The van der Waals surface area contributed by atoms with Gasteiger partial charge in [0.15, 0.2) is 9.84 Å². The second kappa shape index (κ2) is 4.09. The van der Waals surface area contributed by atoms with Crippen LogP contribution >= 0.6 is 0 Å². The molecule has 1 unspecified atom stereocenters. The van der Waals surface area contributed by atoms with Crippen LogP contribution in [0.15, 0.2) is 0 Å². The van der Waals surface area contributed by atoms with Crippen LogP contribution in [0.5, 0.6) is 0 Å². The number of carbonyl (C=O) groups excluding carboxylic acids is 1. The average molecular weight is 232 g/mol. The molecule has 0 bridgehead atoms. The van der Waals surface area contributed by atoms with Crippen LogP contribution in [0.3, 0.4) is 0 Å².